The number of nitro groups is 1. The van der Waals surface area contributed by atoms with Gasteiger partial charge in [0.15, 0.2) is 5.82 Å². The largest absolute Gasteiger partial charge is 0.497 e. The maximum absolute atomic E-state index is 12.8. The molecule has 206 valence electrons. The zero-order chi connectivity index (χ0) is 28.8. The molecule has 1 N–H and O–H groups in total. The Morgan fingerprint density at radius 2 is 1.73 bits per heavy atom. The molecule has 1 heterocycles. The van der Waals surface area contributed by atoms with Crippen LogP contribution in [-0.4, -0.2) is 39.3 Å². The van der Waals surface area contributed by atoms with Gasteiger partial charge in [-0.15, -0.1) is 5.10 Å². The van der Waals surface area contributed by atoms with Crippen LogP contribution in [0.15, 0.2) is 97.1 Å². The first kappa shape index (κ1) is 27.1. The van der Waals surface area contributed by atoms with Gasteiger partial charge in [-0.25, -0.2) is 4.68 Å². The Morgan fingerprint density at radius 1 is 0.976 bits per heavy atom. The number of methoxy groups -OCH3 is 1. The highest BCUT2D eigenvalue weighted by atomic mass is 16.6. The van der Waals surface area contributed by atoms with Crippen LogP contribution in [0.4, 0.5) is 11.4 Å². The van der Waals surface area contributed by atoms with E-state index in [2.05, 4.69) is 15.4 Å². The second-order valence-corrected chi connectivity index (χ2v) is 9.25. The van der Waals surface area contributed by atoms with Crippen LogP contribution in [0, 0.1) is 17.0 Å². The maximum Gasteiger partial charge on any atom is 0.336 e. The number of carbonyl (C=O) groups is 1. The van der Waals surface area contributed by atoms with E-state index in [0.717, 1.165) is 22.4 Å². The molecule has 0 saturated heterocycles. The molecule has 41 heavy (non-hydrogen) atoms. The first-order valence-electron chi connectivity index (χ1n) is 12.9. The Bertz CT molecular complexity index is 1680. The summed E-state index contributed by atoms with van der Waals surface area (Å²) in [6.07, 6.45) is 0.664. The third kappa shape index (κ3) is 6.56. The van der Waals surface area contributed by atoms with Crippen LogP contribution in [0.25, 0.3) is 17.1 Å². The van der Waals surface area contributed by atoms with Crippen molar-refractivity contribution < 1.29 is 19.2 Å². The molecule has 0 aliphatic heterocycles. The van der Waals surface area contributed by atoms with Gasteiger partial charge < -0.3 is 14.8 Å². The Labute approximate surface area is 236 Å². The third-order valence-electron chi connectivity index (χ3n) is 6.35. The number of anilines is 1. The van der Waals surface area contributed by atoms with Crippen molar-refractivity contribution >= 4 is 17.3 Å². The summed E-state index contributed by atoms with van der Waals surface area (Å²) >= 11 is 0. The molecule has 5 aromatic rings. The number of hydrogen-bond donors (Lipinski definition) is 1. The number of hydrogen-bond acceptors (Lipinski definition) is 7. The Kier molecular flexibility index (Phi) is 8.00. The molecule has 0 radical (unpaired) electrons. The van der Waals surface area contributed by atoms with Gasteiger partial charge in [-0.1, -0.05) is 54.1 Å². The molecule has 1 aromatic heterocycles. The van der Waals surface area contributed by atoms with Crippen LogP contribution in [0.3, 0.4) is 0 Å². The fourth-order valence-corrected chi connectivity index (χ4v) is 4.16. The minimum absolute atomic E-state index is 0.156. The number of aryl methyl sites for hydroxylation is 1. The van der Waals surface area contributed by atoms with Gasteiger partial charge in [-0.05, 0) is 48.9 Å². The molecule has 0 aliphatic carbocycles. The van der Waals surface area contributed by atoms with Gasteiger partial charge in [0.25, 0.3) is 11.6 Å². The van der Waals surface area contributed by atoms with E-state index in [1.165, 1.54) is 24.3 Å². The summed E-state index contributed by atoms with van der Waals surface area (Å²) < 4.78 is 12.8. The number of nitro benzene ring substituents is 1. The fraction of sp³-hybridized carbons (Fsp3) is 0.129. The zero-order valence-corrected chi connectivity index (χ0v) is 22.5. The van der Waals surface area contributed by atoms with Crippen molar-refractivity contribution in [1.82, 2.24) is 14.8 Å². The van der Waals surface area contributed by atoms with Crippen molar-refractivity contribution in [3.05, 3.63) is 124 Å². The van der Waals surface area contributed by atoms with Gasteiger partial charge >= 0.3 is 6.01 Å². The van der Waals surface area contributed by atoms with Gasteiger partial charge in [0.05, 0.1) is 24.3 Å². The molecule has 0 spiro atoms. The number of carbonyl (C=O) groups excluding carboxylic acids is 1. The molecule has 0 atom stereocenters. The average Bonchev–Trinajstić information content (AvgIpc) is 3.42. The van der Waals surface area contributed by atoms with E-state index in [1.54, 1.807) is 30.0 Å². The van der Waals surface area contributed by atoms with Crippen molar-refractivity contribution in [1.29, 1.82) is 0 Å². The zero-order valence-electron chi connectivity index (χ0n) is 22.5. The topological polar surface area (TPSA) is 121 Å². The van der Waals surface area contributed by atoms with Crippen LogP contribution < -0.4 is 14.8 Å². The molecule has 10 heteroatoms. The number of benzene rings is 4. The van der Waals surface area contributed by atoms with E-state index in [4.69, 9.17) is 9.47 Å². The van der Waals surface area contributed by atoms with Crippen molar-refractivity contribution in [3.8, 4) is 28.8 Å². The Balaban J connectivity index is 1.39. The van der Waals surface area contributed by atoms with Crippen molar-refractivity contribution in [2.24, 2.45) is 0 Å². The van der Waals surface area contributed by atoms with Crippen LogP contribution >= 0.6 is 0 Å². The summed E-state index contributed by atoms with van der Waals surface area (Å²) in [4.78, 5) is 28.1. The summed E-state index contributed by atoms with van der Waals surface area (Å²) in [6, 6.07) is 28.6. The standard InChI is InChI=1S/C31H27N5O5/c1-21-9-13-23(14-10-21)29-33-31(41-18-17-22-11-15-28(40-2)16-12-22)34-35(29)26-7-4-6-25(20-26)32-30(37)24-5-3-8-27(19-24)36(38)39/h3-16,19-20H,17-18H2,1-2H3,(H,32,37). The third-order valence-corrected chi connectivity index (χ3v) is 6.35. The summed E-state index contributed by atoms with van der Waals surface area (Å²) in [6.45, 7) is 2.39. The summed E-state index contributed by atoms with van der Waals surface area (Å²) in [5, 5.41) is 18.5. The molecule has 0 bridgehead atoms. The molecule has 5 rings (SSSR count). The Morgan fingerprint density at radius 3 is 2.46 bits per heavy atom. The predicted octanol–water partition coefficient (Wildman–Crippen LogP) is 6.03. The van der Waals surface area contributed by atoms with Gasteiger partial charge in [0.2, 0.25) is 0 Å². The van der Waals surface area contributed by atoms with Crippen molar-refractivity contribution in [2.75, 3.05) is 19.0 Å². The van der Waals surface area contributed by atoms with E-state index >= 15 is 0 Å². The minimum atomic E-state index is -0.536. The first-order chi connectivity index (χ1) is 19.9. The molecular weight excluding hydrogens is 522 g/mol. The van der Waals surface area contributed by atoms with Gasteiger partial charge in [-0.2, -0.15) is 4.98 Å². The smallest absolute Gasteiger partial charge is 0.336 e. The lowest BCUT2D eigenvalue weighted by atomic mass is 10.1. The summed E-state index contributed by atoms with van der Waals surface area (Å²) in [5.74, 6) is 0.902. The quantitative estimate of drug-likeness (QED) is 0.167. The van der Waals surface area contributed by atoms with Crippen molar-refractivity contribution in [2.45, 2.75) is 13.3 Å². The van der Waals surface area contributed by atoms with Gasteiger partial charge in [-0.3, -0.25) is 14.9 Å². The Hall–Kier alpha value is -5.51. The number of nitrogens with zero attached hydrogens (tertiary/aromatic N) is 4. The molecule has 10 nitrogen and oxygen atoms in total. The lowest BCUT2D eigenvalue weighted by Crippen LogP contribution is -2.12. The fourth-order valence-electron chi connectivity index (χ4n) is 4.16. The SMILES string of the molecule is COc1ccc(CCOc2nc(-c3ccc(C)cc3)n(-c3cccc(NC(=O)c4cccc([N+](=O)[O-])c4)c3)n2)cc1. The summed E-state index contributed by atoms with van der Waals surface area (Å²) in [5.41, 5.74) is 4.22. The van der Waals surface area contributed by atoms with E-state index < -0.39 is 10.8 Å². The second kappa shape index (κ2) is 12.1. The second-order valence-electron chi connectivity index (χ2n) is 9.25. The molecular formula is C31H27N5O5. The van der Waals surface area contributed by atoms with E-state index in [1.807, 2.05) is 61.5 Å². The lowest BCUT2D eigenvalue weighted by Gasteiger charge is -2.10. The number of nitrogens with one attached hydrogen (secondary N) is 1. The normalized spacial score (nSPS) is 10.7. The highest BCUT2D eigenvalue weighted by Crippen LogP contribution is 2.26. The molecule has 4 aromatic carbocycles. The molecule has 1 amide bonds. The predicted molar refractivity (Wildman–Crippen MR) is 155 cm³/mol. The van der Waals surface area contributed by atoms with Crippen LogP contribution in [0.2, 0.25) is 0 Å². The average molecular weight is 550 g/mol. The number of amides is 1. The van der Waals surface area contributed by atoms with Gasteiger partial charge in [0.1, 0.15) is 5.75 Å². The van der Waals surface area contributed by atoms with Crippen LogP contribution in [-0.2, 0) is 6.42 Å². The number of aromatic nitrogens is 3. The van der Waals surface area contributed by atoms with Gasteiger partial charge in [0, 0.05) is 35.4 Å². The molecule has 0 aliphatic rings. The first-order valence-corrected chi connectivity index (χ1v) is 12.9. The van der Waals surface area contributed by atoms with E-state index in [0.29, 0.717) is 30.2 Å². The molecule has 0 unspecified atom stereocenters. The monoisotopic (exact) mass is 549 g/mol. The minimum Gasteiger partial charge on any atom is -0.497 e. The maximum atomic E-state index is 12.8. The highest BCUT2D eigenvalue weighted by Gasteiger charge is 2.17. The molecule has 0 saturated carbocycles. The van der Waals surface area contributed by atoms with Crippen LogP contribution in [0.1, 0.15) is 21.5 Å². The summed E-state index contributed by atoms with van der Waals surface area (Å²) in [7, 11) is 1.63. The van der Waals surface area contributed by atoms with Crippen LogP contribution in [0.5, 0.6) is 11.8 Å². The van der Waals surface area contributed by atoms with E-state index in [9.17, 15) is 14.9 Å². The molecule has 0 fully saturated rings. The lowest BCUT2D eigenvalue weighted by molar-refractivity contribution is -0.384. The number of ether oxygens (including phenoxy) is 2. The number of rotatable bonds is 10. The van der Waals surface area contributed by atoms with E-state index in [-0.39, 0.29) is 17.3 Å². The number of non-ortho nitro benzene ring substituents is 1. The van der Waals surface area contributed by atoms with Crippen molar-refractivity contribution in [3.63, 3.8) is 0 Å². The highest BCUT2D eigenvalue weighted by molar-refractivity contribution is 6.04.